The molecule has 0 heterocycles. The number of nitrogens with zero attached hydrogens (tertiary/aromatic N) is 2. The molecular weight excluding hydrogens is 629 g/mol. The van der Waals surface area contributed by atoms with E-state index >= 15 is 0 Å². The molecule has 2 nitrogen and oxygen atoms in total. The summed E-state index contributed by atoms with van der Waals surface area (Å²) in [5.41, 5.74) is 11.4. The van der Waals surface area contributed by atoms with Crippen molar-refractivity contribution in [2.75, 3.05) is 0 Å². The number of allylic oxidation sites excluding steroid dienone is 2. The molecule has 0 aliphatic rings. The van der Waals surface area contributed by atoms with Crippen LogP contribution in [0.15, 0.2) is 180 Å². The second kappa shape index (κ2) is 15.5. The zero-order chi connectivity index (χ0) is 35.9. The van der Waals surface area contributed by atoms with E-state index in [1.54, 1.807) is 0 Å². The molecule has 7 aromatic carbocycles. The van der Waals surface area contributed by atoms with Gasteiger partial charge in [0.05, 0.1) is 5.70 Å². The zero-order valence-corrected chi connectivity index (χ0v) is 29.7. The van der Waals surface area contributed by atoms with Crippen LogP contribution >= 0.6 is 0 Å². The molecule has 0 saturated carbocycles. The summed E-state index contributed by atoms with van der Waals surface area (Å²) in [6, 6.07) is 55.3. The number of hydrogen-bond donors (Lipinski definition) is 0. The Morgan fingerprint density at radius 2 is 1.08 bits per heavy atom. The monoisotopic (exact) mass is 668 g/mol. The lowest BCUT2D eigenvalue weighted by molar-refractivity contribution is 0.974. The first-order valence-electron chi connectivity index (χ1n) is 17.8. The molecule has 0 aliphatic carbocycles. The van der Waals surface area contributed by atoms with Crippen LogP contribution in [0.3, 0.4) is 0 Å². The van der Waals surface area contributed by atoms with Gasteiger partial charge in [-0.1, -0.05) is 171 Å². The van der Waals surface area contributed by atoms with E-state index in [1.807, 2.05) is 42.5 Å². The third-order valence-electron chi connectivity index (χ3n) is 9.45. The third-order valence-corrected chi connectivity index (χ3v) is 9.45. The highest BCUT2D eigenvalue weighted by Crippen LogP contribution is 2.43. The average Bonchev–Trinajstić information content (AvgIpc) is 3.20. The van der Waals surface area contributed by atoms with E-state index in [0.717, 1.165) is 51.9 Å². The first-order valence-corrected chi connectivity index (χ1v) is 17.8. The van der Waals surface area contributed by atoms with Gasteiger partial charge in [0.15, 0.2) is 5.84 Å². The van der Waals surface area contributed by atoms with Gasteiger partial charge in [0, 0.05) is 11.3 Å². The SMILES string of the molecule is C#C/C=C(\CCC)c1cccc(C(=N/C(=C)c2ccccc2)/N=C(\C)c2cccc(-c3c4ccccc4c(-c4ccccc4)c4ccccc34)c2)c1. The highest BCUT2D eigenvalue weighted by atomic mass is 14.9. The predicted molar refractivity (Wildman–Crippen MR) is 225 cm³/mol. The minimum atomic E-state index is 0.596. The van der Waals surface area contributed by atoms with Crippen LogP contribution in [0.4, 0.5) is 0 Å². The van der Waals surface area contributed by atoms with E-state index in [-0.39, 0.29) is 0 Å². The molecule has 7 rings (SSSR count). The molecule has 0 aromatic heterocycles. The molecule has 2 heteroatoms. The van der Waals surface area contributed by atoms with Gasteiger partial charge in [-0.2, -0.15) is 0 Å². The Hall–Kier alpha value is -6.56. The average molecular weight is 669 g/mol. The summed E-state index contributed by atoms with van der Waals surface area (Å²) in [6.45, 7) is 8.55. The topological polar surface area (TPSA) is 24.7 Å². The maximum Gasteiger partial charge on any atom is 0.160 e. The van der Waals surface area contributed by atoms with E-state index in [0.29, 0.717) is 11.5 Å². The van der Waals surface area contributed by atoms with Crippen LogP contribution in [-0.2, 0) is 0 Å². The maximum absolute atomic E-state index is 5.72. The quantitative estimate of drug-likeness (QED) is 0.0633. The fourth-order valence-corrected chi connectivity index (χ4v) is 6.98. The second-order valence-corrected chi connectivity index (χ2v) is 12.9. The maximum atomic E-state index is 5.72. The predicted octanol–water partition coefficient (Wildman–Crippen LogP) is 13.1. The summed E-state index contributed by atoms with van der Waals surface area (Å²) in [4.78, 5) is 10.3. The molecule has 52 heavy (non-hydrogen) atoms. The fraction of sp³-hybridized carbons (Fsp3) is 0.0800. The van der Waals surface area contributed by atoms with Crippen LogP contribution in [-0.4, -0.2) is 11.5 Å². The zero-order valence-electron chi connectivity index (χ0n) is 29.7. The number of aliphatic imine (C=N–C) groups is 2. The summed E-state index contributed by atoms with van der Waals surface area (Å²) >= 11 is 0. The Kier molecular flexibility index (Phi) is 10.1. The molecule has 0 aliphatic heterocycles. The normalized spacial score (nSPS) is 12.2. The number of rotatable bonds is 9. The molecule has 0 fully saturated rings. The molecule has 0 unspecified atom stereocenters. The van der Waals surface area contributed by atoms with Crippen molar-refractivity contribution in [1.82, 2.24) is 0 Å². The molecule has 0 bridgehead atoms. The van der Waals surface area contributed by atoms with Crippen molar-refractivity contribution in [2.24, 2.45) is 9.98 Å². The van der Waals surface area contributed by atoms with E-state index in [4.69, 9.17) is 16.4 Å². The second-order valence-electron chi connectivity index (χ2n) is 12.9. The van der Waals surface area contributed by atoms with Gasteiger partial charge in [-0.3, -0.25) is 0 Å². The summed E-state index contributed by atoms with van der Waals surface area (Å²) < 4.78 is 0. The van der Waals surface area contributed by atoms with E-state index in [2.05, 4.69) is 148 Å². The number of fused-ring (bicyclic) bond motifs is 2. The summed E-state index contributed by atoms with van der Waals surface area (Å²) in [6.07, 6.45) is 9.47. The number of hydrogen-bond acceptors (Lipinski definition) is 1. The summed E-state index contributed by atoms with van der Waals surface area (Å²) in [5, 5.41) is 4.89. The van der Waals surface area contributed by atoms with Crippen molar-refractivity contribution in [3.63, 3.8) is 0 Å². The van der Waals surface area contributed by atoms with Gasteiger partial charge in [0.2, 0.25) is 0 Å². The Bertz CT molecular complexity index is 2490. The van der Waals surface area contributed by atoms with Crippen molar-refractivity contribution in [3.8, 4) is 34.6 Å². The van der Waals surface area contributed by atoms with E-state index in [1.165, 1.54) is 38.2 Å². The van der Waals surface area contributed by atoms with Crippen LogP contribution < -0.4 is 0 Å². The first kappa shape index (κ1) is 33.9. The molecule has 0 saturated heterocycles. The van der Waals surface area contributed by atoms with Crippen molar-refractivity contribution in [1.29, 1.82) is 0 Å². The Morgan fingerprint density at radius 1 is 0.577 bits per heavy atom. The highest BCUT2D eigenvalue weighted by Gasteiger charge is 2.17. The molecule has 0 atom stereocenters. The third kappa shape index (κ3) is 7.04. The standard InChI is InChI=1S/C50H40N2/c1-5-19-38(20-6-2)41-26-18-28-43(34-41)50(51-35(3)37-21-9-7-10-22-37)52-36(4)40-25-17-27-42(33-40)49-46-31-15-13-29-44(46)48(39-23-11-8-12-24-39)45-30-14-16-32-47(45)49/h1,7-19,21-34H,3,6,20H2,2,4H3/b38-19+,51-50-,52-36+. The Morgan fingerprint density at radius 3 is 1.69 bits per heavy atom. The van der Waals surface area contributed by atoms with Gasteiger partial charge in [0.25, 0.3) is 0 Å². The van der Waals surface area contributed by atoms with Crippen LogP contribution in [0.2, 0.25) is 0 Å². The van der Waals surface area contributed by atoms with Gasteiger partial charge in [-0.05, 0) is 97.6 Å². The van der Waals surface area contributed by atoms with Gasteiger partial charge in [0.1, 0.15) is 0 Å². The van der Waals surface area contributed by atoms with Gasteiger partial charge >= 0.3 is 0 Å². The van der Waals surface area contributed by atoms with Crippen LogP contribution in [0.25, 0.3) is 55.1 Å². The molecule has 0 N–H and O–H groups in total. The summed E-state index contributed by atoms with van der Waals surface area (Å²) in [7, 11) is 0. The van der Waals surface area contributed by atoms with Gasteiger partial charge in [-0.15, -0.1) is 6.42 Å². The Labute approximate surface area is 307 Å². The first-order chi connectivity index (χ1) is 25.6. The van der Waals surface area contributed by atoms with Crippen LogP contribution in [0.5, 0.6) is 0 Å². The lowest BCUT2D eigenvalue weighted by Gasteiger charge is -2.18. The number of terminal acetylenes is 1. The van der Waals surface area contributed by atoms with E-state index < -0.39 is 0 Å². The molecular formula is C50H40N2. The molecule has 0 radical (unpaired) electrons. The highest BCUT2D eigenvalue weighted by molar-refractivity contribution is 6.22. The van der Waals surface area contributed by atoms with Gasteiger partial charge < -0.3 is 0 Å². The van der Waals surface area contributed by atoms with Crippen molar-refractivity contribution in [2.45, 2.75) is 26.7 Å². The number of amidine groups is 1. The largest absolute Gasteiger partial charge is 0.233 e. The molecule has 0 spiro atoms. The lowest BCUT2D eigenvalue weighted by atomic mass is 9.85. The van der Waals surface area contributed by atoms with Crippen molar-refractivity contribution in [3.05, 3.63) is 193 Å². The van der Waals surface area contributed by atoms with Crippen molar-refractivity contribution >= 4 is 44.4 Å². The van der Waals surface area contributed by atoms with Crippen LogP contribution in [0.1, 0.15) is 48.9 Å². The minimum Gasteiger partial charge on any atom is -0.233 e. The van der Waals surface area contributed by atoms with Crippen molar-refractivity contribution < 1.29 is 0 Å². The van der Waals surface area contributed by atoms with E-state index in [9.17, 15) is 0 Å². The smallest absolute Gasteiger partial charge is 0.160 e. The lowest BCUT2D eigenvalue weighted by Crippen LogP contribution is -2.05. The minimum absolute atomic E-state index is 0.596. The molecule has 0 amide bonds. The fourth-order valence-electron chi connectivity index (χ4n) is 6.98. The number of benzene rings is 7. The van der Waals surface area contributed by atoms with Crippen LogP contribution in [0, 0.1) is 12.3 Å². The van der Waals surface area contributed by atoms with Gasteiger partial charge in [-0.25, -0.2) is 9.98 Å². The Balaban J connectivity index is 1.37. The molecule has 250 valence electrons. The molecule has 7 aromatic rings. The summed E-state index contributed by atoms with van der Waals surface area (Å²) in [5.74, 6) is 3.32.